The summed E-state index contributed by atoms with van der Waals surface area (Å²) in [4.78, 5) is 25.0. The van der Waals surface area contributed by atoms with Gasteiger partial charge in [-0.15, -0.1) is 0 Å². The summed E-state index contributed by atoms with van der Waals surface area (Å²) in [6.07, 6.45) is 1.78. The number of aryl methyl sites for hydroxylation is 1. The summed E-state index contributed by atoms with van der Waals surface area (Å²) in [6, 6.07) is 7.61. The maximum absolute atomic E-state index is 12.7. The molecule has 20 heavy (non-hydrogen) atoms. The van der Waals surface area contributed by atoms with Crippen LogP contribution >= 0.6 is 0 Å². The van der Waals surface area contributed by atoms with Crippen LogP contribution in [0.3, 0.4) is 0 Å². The van der Waals surface area contributed by atoms with Crippen molar-refractivity contribution in [3.8, 4) is 0 Å². The number of carbonyl (C=O) groups is 2. The minimum atomic E-state index is -0.918. The summed E-state index contributed by atoms with van der Waals surface area (Å²) >= 11 is 0. The van der Waals surface area contributed by atoms with Crippen molar-refractivity contribution < 1.29 is 14.7 Å². The number of amides is 1. The molecule has 1 aliphatic heterocycles. The van der Waals surface area contributed by atoms with Crippen LogP contribution < -0.4 is 10.6 Å². The van der Waals surface area contributed by atoms with Gasteiger partial charge in [0.15, 0.2) is 0 Å². The normalized spacial score (nSPS) is 22.3. The van der Waals surface area contributed by atoms with E-state index in [9.17, 15) is 9.59 Å². The van der Waals surface area contributed by atoms with Crippen molar-refractivity contribution in [2.45, 2.75) is 38.1 Å². The van der Waals surface area contributed by atoms with Crippen molar-refractivity contribution >= 4 is 17.6 Å². The van der Waals surface area contributed by atoms with E-state index in [1.807, 2.05) is 31.2 Å². The van der Waals surface area contributed by atoms with Crippen LogP contribution in [0.2, 0.25) is 0 Å². The second-order valence-corrected chi connectivity index (χ2v) is 5.24. The molecule has 0 fully saturated rings. The van der Waals surface area contributed by atoms with E-state index in [1.54, 1.807) is 4.90 Å². The Labute approximate surface area is 118 Å². The number of nitrogens with two attached hydrogens (primary N) is 1. The lowest BCUT2D eigenvalue weighted by molar-refractivity contribution is -0.136. The van der Waals surface area contributed by atoms with Crippen LogP contribution in [0.15, 0.2) is 24.3 Å². The number of hydrogen-bond donors (Lipinski definition) is 2. The van der Waals surface area contributed by atoms with E-state index in [1.165, 1.54) is 0 Å². The summed E-state index contributed by atoms with van der Waals surface area (Å²) in [5.41, 5.74) is 7.17. The number of carboxylic acid groups (broad SMARTS) is 1. The third-order valence-corrected chi connectivity index (χ3v) is 3.97. The molecule has 2 rings (SSSR count). The highest BCUT2D eigenvalue weighted by molar-refractivity contribution is 6.01. The SMILES string of the molecule is CCC1(N)CCc2ccccc2N(CCC(=O)O)C1=O. The Kier molecular flexibility index (Phi) is 4.09. The molecule has 0 bridgehead atoms. The summed E-state index contributed by atoms with van der Waals surface area (Å²) < 4.78 is 0. The number of para-hydroxylation sites is 1. The Morgan fingerprint density at radius 3 is 2.80 bits per heavy atom. The zero-order valence-corrected chi connectivity index (χ0v) is 11.6. The van der Waals surface area contributed by atoms with Crippen molar-refractivity contribution in [2.75, 3.05) is 11.4 Å². The highest BCUT2D eigenvalue weighted by atomic mass is 16.4. The van der Waals surface area contributed by atoms with Crippen LogP contribution in [0.5, 0.6) is 0 Å². The molecular weight excluding hydrogens is 256 g/mol. The van der Waals surface area contributed by atoms with E-state index >= 15 is 0 Å². The van der Waals surface area contributed by atoms with Crippen molar-refractivity contribution in [1.29, 1.82) is 0 Å². The van der Waals surface area contributed by atoms with E-state index < -0.39 is 11.5 Å². The Hall–Kier alpha value is -1.88. The average Bonchev–Trinajstić information content (AvgIpc) is 2.54. The predicted molar refractivity (Wildman–Crippen MR) is 76.6 cm³/mol. The fourth-order valence-corrected chi connectivity index (χ4v) is 2.59. The molecule has 0 saturated carbocycles. The van der Waals surface area contributed by atoms with Gasteiger partial charge in [0.05, 0.1) is 12.0 Å². The van der Waals surface area contributed by atoms with E-state index in [0.717, 1.165) is 17.7 Å². The van der Waals surface area contributed by atoms with Gasteiger partial charge in [-0.3, -0.25) is 9.59 Å². The molecule has 0 aliphatic carbocycles. The van der Waals surface area contributed by atoms with Crippen molar-refractivity contribution in [3.63, 3.8) is 0 Å². The summed E-state index contributed by atoms with van der Waals surface area (Å²) in [6.45, 7) is 2.05. The monoisotopic (exact) mass is 276 g/mol. The quantitative estimate of drug-likeness (QED) is 0.874. The molecule has 0 spiro atoms. The molecule has 1 heterocycles. The second-order valence-electron chi connectivity index (χ2n) is 5.24. The number of carbonyl (C=O) groups excluding carboxylic acids is 1. The second kappa shape index (κ2) is 5.63. The number of fused-ring (bicyclic) bond motifs is 1. The van der Waals surface area contributed by atoms with Gasteiger partial charge in [0, 0.05) is 12.2 Å². The highest BCUT2D eigenvalue weighted by Crippen LogP contribution is 2.31. The van der Waals surface area contributed by atoms with Gasteiger partial charge in [0.25, 0.3) is 0 Å². The van der Waals surface area contributed by atoms with E-state index in [0.29, 0.717) is 12.8 Å². The minimum Gasteiger partial charge on any atom is -0.481 e. The first-order valence-corrected chi connectivity index (χ1v) is 6.88. The first kappa shape index (κ1) is 14.5. The lowest BCUT2D eigenvalue weighted by Crippen LogP contribution is -2.54. The van der Waals surface area contributed by atoms with Gasteiger partial charge in [-0.05, 0) is 30.9 Å². The Bertz CT molecular complexity index is 530. The van der Waals surface area contributed by atoms with Gasteiger partial charge in [0.1, 0.15) is 0 Å². The number of nitrogens with zero attached hydrogens (tertiary/aromatic N) is 1. The zero-order valence-electron chi connectivity index (χ0n) is 11.6. The van der Waals surface area contributed by atoms with Crippen LogP contribution in [0, 0.1) is 0 Å². The molecule has 1 aromatic carbocycles. The lowest BCUT2D eigenvalue weighted by atomic mass is 9.90. The maximum atomic E-state index is 12.7. The zero-order chi connectivity index (χ0) is 14.8. The topological polar surface area (TPSA) is 83.6 Å². The van der Waals surface area contributed by atoms with Gasteiger partial charge in [0.2, 0.25) is 5.91 Å². The predicted octanol–water partition coefficient (Wildman–Crippen LogP) is 1.55. The van der Waals surface area contributed by atoms with Crippen LogP contribution in [-0.4, -0.2) is 29.1 Å². The van der Waals surface area contributed by atoms with Crippen molar-refractivity contribution in [2.24, 2.45) is 5.73 Å². The Balaban J connectivity index is 2.40. The number of rotatable bonds is 4. The van der Waals surface area contributed by atoms with Gasteiger partial charge < -0.3 is 15.7 Å². The molecule has 0 radical (unpaired) electrons. The largest absolute Gasteiger partial charge is 0.481 e. The van der Waals surface area contributed by atoms with Crippen LogP contribution in [0.25, 0.3) is 0 Å². The number of carboxylic acids is 1. The highest BCUT2D eigenvalue weighted by Gasteiger charge is 2.39. The first-order valence-electron chi connectivity index (χ1n) is 6.88. The molecule has 5 nitrogen and oxygen atoms in total. The fraction of sp³-hybridized carbons (Fsp3) is 0.467. The number of hydrogen-bond acceptors (Lipinski definition) is 3. The molecule has 0 aromatic heterocycles. The molecular formula is C15H20N2O3. The van der Waals surface area contributed by atoms with Gasteiger partial charge in [-0.2, -0.15) is 0 Å². The van der Waals surface area contributed by atoms with Gasteiger partial charge in [-0.1, -0.05) is 25.1 Å². The average molecular weight is 276 g/mol. The molecule has 1 aliphatic rings. The summed E-state index contributed by atoms with van der Waals surface area (Å²) in [5, 5.41) is 8.87. The van der Waals surface area contributed by atoms with E-state index in [2.05, 4.69) is 0 Å². The molecule has 5 heteroatoms. The van der Waals surface area contributed by atoms with E-state index in [-0.39, 0.29) is 18.9 Å². The van der Waals surface area contributed by atoms with Crippen LogP contribution in [-0.2, 0) is 16.0 Å². The molecule has 0 saturated heterocycles. The number of benzene rings is 1. The molecule has 1 aromatic rings. The smallest absolute Gasteiger partial charge is 0.305 e. The summed E-state index contributed by atoms with van der Waals surface area (Å²) in [7, 11) is 0. The first-order chi connectivity index (χ1) is 9.48. The van der Waals surface area contributed by atoms with Crippen molar-refractivity contribution in [3.05, 3.63) is 29.8 Å². The van der Waals surface area contributed by atoms with Crippen molar-refractivity contribution in [1.82, 2.24) is 0 Å². The standard InChI is InChI=1S/C15H20N2O3/c1-2-15(16)9-7-11-5-3-4-6-12(11)17(14(15)20)10-8-13(18)19/h3-6H,2,7-10,16H2,1H3,(H,18,19). The maximum Gasteiger partial charge on any atom is 0.305 e. The molecule has 1 amide bonds. The number of anilines is 1. The Morgan fingerprint density at radius 1 is 1.45 bits per heavy atom. The minimum absolute atomic E-state index is 0.0835. The van der Waals surface area contributed by atoms with Gasteiger partial charge >= 0.3 is 5.97 Å². The molecule has 3 N–H and O–H groups in total. The van der Waals surface area contributed by atoms with Crippen LogP contribution in [0.1, 0.15) is 31.7 Å². The summed E-state index contributed by atoms with van der Waals surface area (Å²) in [5.74, 6) is -1.09. The lowest BCUT2D eigenvalue weighted by Gasteiger charge is -2.31. The third-order valence-electron chi connectivity index (χ3n) is 3.97. The van der Waals surface area contributed by atoms with Gasteiger partial charge in [-0.25, -0.2) is 0 Å². The third kappa shape index (κ3) is 2.67. The molecule has 108 valence electrons. The Morgan fingerprint density at radius 2 is 2.15 bits per heavy atom. The molecule has 1 atom stereocenters. The van der Waals surface area contributed by atoms with E-state index in [4.69, 9.17) is 10.8 Å². The fourth-order valence-electron chi connectivity index (χ4n) is 2.59. The molecule has 1 unspecified atom stereocenters. The number of aliphatic carboxylic acids is 1. The van der Waals surface area contributed by atoms with Crippen LogP contribution in [0.4, 0.5) is 5.69 Å².